The Morgan fingerprint density at radius 2 is 1.85 bits per heavy atom. The molecule has 5 nitrogen and oxygen atoms in total. The van der Waals surface area contributed by atoms with Crippen molar-refractivity contribution in [2.24, 2.45) is 0 Å². The molecule has 0 bridgehead atoms. The van der Waals surface area contributed by atoms with Crippen LogP contribution in [0, 0.1) is 5.82 Å². The third-order valence-electron chi connectivity index (χ3n) is 2.71. The molecule has 2 N–H and O–H groups in total. The number of ether oxygens (including phenoxy) is 1. The van der Waals surface area contributed by atoms with Crippen LogP contribution in [-0.2, 0) is 0 Å². The van der Waals surface area contributed by atoms with Crippen molar-refractivity contribution in [2.75, 3.05) is 17.7 Å². The number of nitrogens with zero attached hydrogens (tertiary/aromatic N) is 3. The molecule has 0 saturated heterocycles. The second-order valence-corrected chi connectivity index (χ2v) is 4.62. The van der Waals surface area contributed by atoms with Gasteiger partial charge >= 0.3 is 0 Å². The van der Waals surface area contributed by atoms with Crippen molar-refractivity contribution in [3.8, 4) is 5.88 Å². The lowest BCUT2D eigenvalue weighted by Crippen LogP contribution is -2.16. The maximum Gasteiger partial charge on any atom is 0.242 e. The van der Waals surface area contributed by atoms with E-state index in [0.717, 1.165) is 5.69 Å². The van der Waals surface area contributed by atoms with Gasteiger partial charge in [0.2, 0.25) is 5.88 Å². The summed E-state index contributed by atoms with van der Waals surface area (Å²) in [4.78, 5) is 9.94. The van der Waals surface area contributed by atoms with Crippen LogP contribution in [0.4, 0.5) is 21.6 Å². The second kappa shape index (κ2) is 5.73. The predicted octanol–water partition coefficient (Wildman–Crippen LogP) is 2.75. The minimum absolute atomic E-state index is 0.0313. The molecular weight excluding hydrogens is 259 g/mol. The molecule has 0 aliphatic rings. The molecule has 1 heterocycles. The topological polar surface area (TPSA) is 64.3 Å². The number of nitrogen functional groups attached to an aromatic ring is 1. The van der Waals surface area contributed by atoms with Crippen molar-refractivity contribution < 1.29 is 9.13 Å². The molecule has 0 saturated carbocycles. The average Bonchev–Trinajstić information content (AvgIpc) is 2.41. The molecule has 1 aromatic heterocycles. The zero-order valence-corrected chi connectivity index (χ0v) is 11.7. The smallest absolute Gasteiger partial charge is 0.242 e. The first-order valence-corrected chi connectivity index (χ1v) is 6.25. The zero-order chi connectivity index (χ0) is 14.7. The van der Waals surface area contributed by atoms with E-state index >= 15 is 0 Å². The largest absolute Gasteiger partial charge is 0.473 e. The highest BCUT2D eigenvalue weighted by atomic mass is 19.1. The van der Waals surface area contributed by atoms with E-state index in [1.807, 2.05) is 13.8 Å². The number of rotatable bonds is 4. The number of aromatic nitrogens is 2. The fourth-order valence-corrected chi connectivity index (χ4v) is 1.74. The third-order valence-corrected chi connectivity index (χ3v) is 2.71. The van der Waals surface area contributed by atoms with Gasteiger partial charge in [-0.1, -0.05) is 0 Å². The average molecular weight is 276 g/mol. The molecule has 0 amide bonds. The highest BCUT2D eigenvalue weighted by Gasteiger charge is 2.15. The molecule has 0 unspecified atom stereocenters. The summed E-state index contributed by atoms with van der Waals surface area (Å²) in [5, 5.41) is 0. The maximum atomic E-state index is 13.0. The first kappa shape index (κ1) is 14.0. The molecule has 0 aliphatic heterocycles. The zero-order valence-electron chi connectivity index (χ0n) is 11.7. The van der Waals surface area contributed by atoms with Crippen molar-refractivity contribution in [3.05, 3.63) is 36.4 Å². The van der Waals surface area contributed by atoms with Crippen molar-refractivity contribution in [3.63, 3.8) is 0 Å². The van der Waals surface area contributed by atoms with Crippen LogP contribution in [0.15, 0.2) is 30.6 Å². The van der Waals surface area contributed by atoms with E-state index in [0.29, 0.717) is 17.4 Å². The van der Waals surface area contributed by atoms with Gasteiger partial charge in [0.05, 0.1) is 6.10 Å². The van der Waals surface area contributed by atoms with Gasteiger partial charge in [-0.3, -0.25) is 0 Å². The number of anilines is 3. The maximum absolute atomic E-state index is 13.0. The van der Waals surface area contributed by atoms with Crippen LogP contribution in [0.1, 0.15) is 13.8 Å². The summed E-state index contributed by atoms with van der Waals surface area (Å²) in [5.74, 6) is 0.572. The fraction of sp³-hybridized carbons (Fsp3) is 0.286. The molecule has 6 heteroatoms. The van der Waals surface area contributed by atoms with E-state index in [9.17, 15) is 4.39 Å². The summed E-state index contributed by atoms with van der Waals surface area (Å²) in [7, 11) is 1.80. The van der Waals surface area contributed by atoms with E-state index in [1.165, 1.54) is 18.5 Å². The molecule has 0 spiro atoms. The number of halogens is 1. The van der Waals surface area contributed by atoms with Crippen LogP contribution in [0.5, 0.6) is 5.88 Å². The van der Waals surface area contributed by atoms with Crippen LogP contribution in [0.25, 0.3) is 0 Å². The molecule has 0 radical (unpaired) electrons. The highest BCUT2D eigenvalue weighted by Crippen LogP contribution is 2.31. The van der Waals surface area contributed by atoms with Gasteiger partial charge in [-0.2, -0.15) is 4.98 Å². The van der Waals surface area contributed by atoms with Crippen molar-refractivity contribution in [1.82, 2.24) is 9.97 Å². The number of benzene rings is 1. The molecule has 106 valence electrons. The molecule has 0 aliphatic carbocycles. The van der Waals surface area contributed by atoms with Gasteiger partial charge in [0.1, 0.15) is 17.8 Å². The van der Waals surface area contributed by atoms with Crippen LogP contribution < -0.4 is 15.4 Å². The van der Waals surface area contributed by atoms with Gasteiger partial charge in [0.15, 0.2) is 5.82 Å². The SMILES string of the molecule is CC(C)Oc1ncnc(N(C)c2ccc(F)cc2)c1N. The second-order valence-electron chi connectivity index (χ2n) is 4.62. The minimum atomic E-state index is -0.290. The molecule has 0 fully saturated rings. The van der Waals surface area contributed by atoms with Crippen LogP contribution in [0.3, 0.4) is 0 Å². The van der Waals surface area contributed by atoms with Crippen LogP contribution in [0.2, 0.25) is 0 Å². The standard InChI is InChI=1S/C14H17FN4O/c1-9(2)20-14-12(16)13(17-8-18-14)19(3)11-6-4-10(15)5-7-11/h4-9H,16H2,1-3H3. The summed E-state index contributed by atoms with van der Waals surface area (Å²) in [6, 6.07) is 6.07. The van der Waals surface area contributed by atoms with Crippen LogP contribution in [-0.4, -0.2) is 23.1 Å². The van der Waals surface area contributed by atoms with Gasteiger partial charge in [-0.15, -0.1) is 0 Å². The predicted molar refractivity (Wildman–Crippen MR) is 76.7 cm³/mol. The Morgan fingerprint density at radius 1 is 1.20 bits per heavy atom. The lowest BCUT2D eigenvalue weighted by atomic mass is 10.3. The highest BCUT2D eigenvalue weighted by molar-refractivity contribution is 5.73. The Labute approximate surface area is 117 Å². The van der Waals surface area contributed by atoms with E-state index in [-0.39, 0.29) is 11.9 Å². The van der Waals surface area contributed by atoms with E-state index in [2.05, 4.69) is 9.97 Å². The molecule has 0 atom stereocenters. The van der Waals surface area contributed by atoms with Gasteiger partial charge in [0.25, 0.3) is 0 Å². The number of hydrogen-bond acceptors (Lipinski definition) is 5. The van der Waals surface area contributed by atoms with Crippen molar-refractivity contribution in [1.29, 1.82) is 0 Å². The van der Waals surface area contributed by atoms with Crippen molar-refractivity contribution >= 4 is 17.2 Å². The first-order chi connectivity index (χ1) is 9.49. The van der Waals surface area contributed by atoms with Gasteiger partial charge in [-0.05, 0) is 38.1 Å². The molecule has 20 heavy (non-hydrogen) atoms. The summed E-state index contributed by atoms with van der Waals surface area (Å²) in [5.41, 5.74) is 7.16. The van der Waals surface area contributed by atoms with E-state index in [1.54, 1.807) is 24.1 Å². The van der Waals surface area contributed by atoms with Crippen molar-refractivity contribution in [2.45, 2.75) is 20.0 Å². The van der Waals surface area contributed by atoms with Crippen LogP contribution >= 0.6 is 0 Å². The summed E-state index contributed by atoms with van der Waals surface area (Å²) in [6.45, 7) is 3.79. The summed E-state index contributed by atoms with van der Waals surface area (Å²) in [6.07, 6.45) is 1.36. The minimum Gasteiger partial charge on any atom is -0.473 e. The Balaban J connectivity index is 2.34. The Hall–Kier alpha value is -2.37. The Morgan fingerprint density at radius 3 is 2.45 bits per heavy atom. The first-order valence-electron chi connectivity index (χ1n) is 6.25. The van der Waals surface area contributed by atoms with Gasteiger partial charge in [-0.25, -0.2) is 9.37 Å². The van der Waals surface area contributed by atoms with Gasteiger partial charge in [0, 0.05) is 12.7 Å². The summed E-state index contributed by atoms with van der Waals surface area (Å²) < 4.78 is 18.5. The van der Waals surface area contributed by atoms with E-state index in [4.69, 9.17) is 10.5 Å². The Bertz CT molecular complexity index is 586. The third kappa shape index (κ3) is 2.96. The lowest BCUT2D eigenvalue weighted by Gasteiger charge is -2.21. The Kier molecular flexibility index (Phi) is 4.02. The van der Waals surface area contributed by atoms with E-state index < -0.39 is 0 Å². The molecule has 2 rings (SSSR count). The van der Waals surface area contributed by atoms with Gasteiger partial charge < -0.3 is 15.4 Å². The monoisotopic (exact) mass is 276 g/mol. The quantitative estimate of drug-likeness (QED) is 0.930. The molecule has 1 aromatic carbocycles. The summed E-state index contributed by atoms with van der Waals surface area (Å²) >= 11 is 0. The fourth-order valence-electron chi connectivity index (χ4n) is 1.74. The molecular formula is C14H17FN4O. The number of hydrogen-bond donors (Lipinski definition) is 1. The number of nitrogens with two attached hydrogens (primary N) is 1. The molecule has 2 aromatic rings. The lowest BCUT2D eigenvalue weighted by molar-refractivity contribution is 0.234. The normalized spacial score (nSPS) is 10.7.